The molecular formula is C15H12ClF4N. The third-order valence-electron chi connectivity index (χ3n) is 3.11. The molecule has 6 heteroatoms. The highest BCUT2D eigenvalue weighted by molar-refractivity contribution is 6.30. The minimum absolute atomic E-state index is 0.0697. The average molecular weight is 318 g/mol. The molecule has 0 aliphatic rings. The summed E-state index contributed by atoms with van der Waals surface area (Å²) < 4.78 is 51.5. The van der Waals surface area contributed by atoms with E-state index in [-0.39, 0.29) is 5.02 Å². The summed E-state index contributed by atoms with van der Waals surface area (Å²) >= 11 is 5.72. The van der Waals surface area contributed by atoms with Gasteiger partial charge >= 0.3 is 6.18 Å². The summed E-state index contributed by atoms with van der Waals surface area (Å²) in [6.45, 7) is 0. The molecule has 2 aromatic rings. The van der Waals surface area contributed by atoms with Gasteiger partial charge in [0.05, 0.1) is 16.6 Å². The number of benzene rings is 2. The van der Waals surface area contributed by atoms with Crippen LogP contribution in [0.5, 0.6) is 0 Å². The zero-order valence-corrected chi connectivity index (χ0v) is 11.8. The molecule has 0 aliphatic heterocycles. The Kier molecular flexibility index (Phi) is 4.54. The van der Waals surface area contributed by atoms with Gasteiger partial charge in [-0.15, -0.1) is 0 Å². The molecule has 1 N–H and O–H groups in total. The van der Waals surface area contributed by atoms with Gasteiger partial charge in [0.25, 0.3) is 0 Å². The van der Waals surface area contributed by atoms with Crippen LogP contribution in [0.1, 0.15) is 22.7 Å². The lowest BCUT2D eigenvalue weighted by molar-refractivity contribution is -0.137. The highest BCUT2D eigenvalue weighted by Crippen LogP contribution is 2.32. The van der Waals surface area contributed by atoms with Crippen molar-refractivity contribution in [3.8, 4) is 0 Å². The molecule has 0 amide bonds. The lowest BCUT2D eigenvalue weighted by Crippen LogP contribution is -2.18. The van der Waals surface area contributed by atoms with E-state index in [1.54, 1.807) is 13.1 Å². The summed E-state index contributed by atoms with van der Waals surface area (Å²) in [6.07, 6.45) is -4.41. The van der Waals surface area contributed by atoms with Crippen LogP contribution in [0.25, 0.3) is 0 Å². The van der Waals surface area contributed by atoms with Crippen molar-refractivity contribution in [2.75, 3.05) is 7.05 Å². The van der Waals surface area contributed by atoms with Crippen LogP contribution in [-0.4, -0.2) is 7.05 Å². The van der Waals surface area contributed by atoms with Crippen molar-refractivity contribution < 1.29 is 17.6 Å². The van der Waals surface area contributed by atoms with Crippen LogP contribution in [0.4, 0.5) is 17.6 Å². The van der Waals surface area contributed by atoms with Gasteiger partial charge in [-0.1, -0.05) is 29.8 Å². The van der Waals surface area contributed by atoms with Gasteiger partial charge in [0.15, 0.2) is 0 Å². The van der Waals surface area contributed by atoms with E-state index < -0.39 is 23.6 Å². The Morgan fingerprint density at radius 3 is 2.29 bits per heavy atom. The lowest BCUT2D eigenvalue weighted by Gasteiger charge is -2.19. The van der Waals surface area contributed by atoms with Gasteiger partial charge in [0, 0.05) is 0 Å². The van der Waals surface area contributed by atoms with Crippen molar-refractivity contribution in [3.63, 3.8) is 0 Å². The van der Waals surface area contributed by atoms with Crippen LogP contribution in [0.2, 0.25) is 5.02 Å². The summed E-state index contributed by atoms with van der Waals surface area (Å²) in [5.74, 6) is -0.570. The smallest absolute Gasteiger partial charge is 0.309 e. The Bertz CT molecular complexity index is 640. The van der Waals surface area contributed by atoms with E-state index in [0.29, 0.717) is 11.1 Å². The Morgan fingerprint density at radius 1 is 1.05 bits per heavy atom. The fraction of sp³-hybridized carbons (Fsp3) is 0.200. The van der Waals surface area contributed by atoms with Crippen LogP contribution >= 0.6 is 11.6 Å². The number of nitrogens with one attached hydrogen (secondary N) is 1. The molecule has 0 heterocycles. The van der Waals surface area contributed by atoms with Crippen LogP contribution in [0.15, 0.2) is 42.5 Å². The van der Waals surface area contributed by atoms with E-state index in [0.717, 1.165) is 12.1 Å². The number of alkyl halides is 3. The zero-order chi connectivity index (χ0) is 15.6. The van der Waals surface area contributed by atoms with Gasteiger partial charge in [0.1, 0.15) is 5.82 Å². The quantitative estimate of drug-likeness (QED) is 0.801. The number of hydrogen-bond donors (Lipinski definition) is 1. The van der Waals surface area contributed by atoms with E-state index in [9.17, 15) is 17.6 Å². The predicted molar refractivity (Wildman–Crippen MR) is 73.8 cm³/mol. The lowest BCUT2D eigenvalue weighted by atomic mass is 9.97. The number of rotatable bonds is 3. The molecule has 0 aromatic heterocycles. The zero-order valence-electron chi connectivity index (χ0n) is 11.0. The summed E-state index contributed by atoms with van der Waals surface area (Å²) in [6, 6.07) is 8.56. The maximum Gasteiger partial charge on any atom is 0.416 e. The third-order valence-corrected chi connectivity index (χ3v) is 3.40. The molecule has 0 spiro atoms. The van der Waals surface area contributed by atoms with E-state index in [2.05, 4.69) is 5.32 Å². The molecule has 0 aliphatic carbocycles. The summed E-state index contributed by atoms with van der Waals surface area (Å²) in [4.78, 5) is 0. The second-order valence-electron chi connectivity index (χ2n) is 4.52. The van der Waals surface area contributed by atoms with Gasteiger partial charge in [-0.3, -0.25) is 0 Å². The Morgan fingerprint density at radius 2 is 1.71 bits per heavy atom. The van der Waals surface area contributed by atoms with Gasteiger partial charge < -0.3 is 5.32 Å². The second-order valence-corrected chi connectivity index (χ2v) is 4.93. The molecule has 0 saturated carbocycles. The Labute approximate surface area is 124 Å². The fourth-order valence-electron chi connectivity index (χ4n) is 2.11. The van der Waals surface area contributed by atoms with Gasteiger partial charge in [-0.25, -0.2) is 4.39 Å². The first-order chi connectivity index (χ1) is 9.82. The SMILES string of the molecule is CNC(c1cccc(C(F)(F)F)c1)c1ccc(F)c(Cl)c1. The molecule has 0 bridgehead atoms. The average Bonchev–Trinajstić information content (AvgIpc) is 2.43. The minimum Gasteiger partial charge on any atom is -0.309 e. The monoisotopic (exact) mass is 317 g/mol. The molecule has 1 nitrogen and oxygen atoms in total. The Balaban J connectivity index is 2.44. The Hall–Kier alpha value is -1.59. The van der Waals surface area contributed by atoms with Crippen molar-refractivity contribution in [3.05, 3.63) is 70.0 Å². The predicted octanol–water partition coefficient (Wildman–Crippen LogP) is 4.81. The highest BCUT2D eigenvalue weighted by Gasteiger charge is 2.31. The minimum atomic E-state index is -4.41. The van der Waals surface area contributed by atoms with Crippen molar-refractivity contribution in [1.82, 2.24) is 5.32 Å². The molecule has 2 aromatic carbocycles. The molecule has 21 heavy (non-hydrogen) atoms. The number of halogens is 5. The standard InChI is InChI=1S/C15H12ClF4N/c1-21-14(10-5-6-13(17)12(16)8-10)9-3-2-4-11(7-9)15(18,19)20/h2-8,14,21H,1H3. The maximum atomic E-state index is 13.2. The first-order valence-electron chi connectivity index (χ1n) is 6.12. The second kappa shape index (κ2) is 6.03. The molecule has 112 valence electrons. The van der Waals surface area contributed by atoms with Crippen LogP contribution in [0, 0.1) is 5.82 Å². The van der Waals surface area contributed by atoms with Gasteiger partial charge in [-0.05, 0) is 42.4 Å². The fourth-order valence-corrected chi connectivity index (χ4v) is 2.30. The van der Waals surface area contributed by atoms with Crippen molar-refractivity contribution in [2.45, 2.75) is 12.2 Å². The third kappa shape index (κ3) is 3.54. The van der Waals surface area contributed by atoms with Crippen LogP contribution in [-0.2, 0) is 6.18 Å². The summed E-state index contributed by atoms with van der Waals surface area (Å²) in [5, 5.41) is 2.84. The number of hydrogen-bond acceptors (Lipinski definition) is 1. The molecule has 1 atom stereocenters. The van der Waals surface area contributed by atoms with Crippen molar-refractivity contribution in [2.24, 2.45) is 0 Å². The largest absolute Gasteiger partial charge is 0.416 e. The van der Waals surface area contributed by atoms with E-state index in [1.165, 1.54) is 24.3 Å². The topological polar surface area (TPSA) is 12.0 Å². The van der Waals surface area contributed by atoms with E-state index in [1.807, 2.05) is 0 Å². The first kappa shape index (κ1) is 15.8. The van der Waals surface area contributed by atoms with E-state index >= 15 is 0 Å². The molecule has 0 radical (unpaired) electrons. The summed E-state index contributed by atoms with van der Waals surface area (Å²) in [5.41, 5.74) is 0.284. The van der Waals surface area contributed by atoms with Crippen molar-refractivity contribution >= 4 is 11.6 Å². The van der Waals surface area contributed by atoms with Gasteiger partial charge in [-0.2, -0.15) is 13.2 Å². The van der Waals surface area contributed by atoms with Gasteiger partial charge in [0.2, 0.25) is 0 Å². The first-order valence-corrected chi connectivity index (χ1v) is 6.50. The normalized spacial score (nSPS) is 13.2. The van der Waals surface area contributed by atoms with Crippen LogP contribution < -0.4 is 5.32 Å². The van der Waals surface area contributed by atoms with Crippen molar-refractivity contribution in [1.29, 1.82) is 0 Å². The van der Waals surface area contributed by atoms with E-state index in [4.69, 9.17) is 11.6 Å². The van der Waals surface area contributed by atoms with Crippen LogP contribution in [0.3, 0.4) is 0 Å². The molecule has 0 saturated heterocycles. The highest BCUT2D eigenvalue weighted by atomic mass is 35.5. The summed E-state index contributed by atoms with van der Waals surface area (Å²) in [7, 11) is 1.61. The maximum absolute atomic E-state index is 13.2. The molecular weight excluding hydrogens is 306 g/mol. The molecule has 0 fully saturated rings. The molecule has 2 rings (SSSR count). The molecule has 1 unspecified atom stereocenters.